The van der Waals surface area contributed by atoms with Gasteiger partial charge in [0.05, 0.1) is 0 Å². The molecule has 0 saturated heterocycles. The van der Waals surface area contributed by atoms with Crippen molar-refractivity contribution in [2.75, 3.05) is 10.2 Å². The summed E-state index contributed by atoms with van der Waals surface area (Å²) < 4.78 is 0. The minimum Gasteiger partial charge on any atom is -0.354 e. The molecule has 1 aliphatic heterocycles. The molecular weight excluding hydrogens is 484 g/mol. The van der Waals surface area contributed by atoms with Gasteiger partial charge in [-0.15, -0.1) is 0 Å². The number of fused-ring (bicyclic) bond motifs is 4. The van der Waals surface area contributed by atoms with Crippen LogP contribution in [-0.2, 0) is 0 Å². The zero-order valence-corrected chi connectivity index (χ0v) is 21.9. The standard InChI is InChI=1S/C38H26N2/c1-3-12-30(13-4-1)40(31-14-5-2-6-15-31)32-21-18-26(19-22-32)27-20-23-35-34(25-27)38-33-16-8-7-10-28(33)24-29-11-9-17-36(39-35)37(29)38/h1-25,39H. The molecule has 0 radical (unpaired) electrons. The largest absolute Gasteiger partial charge is 0.354 e. The molecule has 0 saturated carbocycles. The zero-order chi connectivity index (χ0) is 26.5. The normalized spacial score (nSPS) is 11.7. The highest BCUT2D eigenvalue weighted by molar-refractivity contribution is 6.21. The summed E-state index contributed by atoms with van der Waals surface area (Å²) in [6.07, 6.45) is 0. The highest BCUT2D eigenvalue weighted by Crippen LogP contribution is 2.48. The van der Waals surface area contributed by atoms with Crippen LogP contribution in [0.5, 0.6) is 0 Å². The highest BCUT2D eigenvalue weighted by atomic mass is 15.1. The van der Waals surface area contributed by atoms with Crippen molar-refractivity contribution in [2.45, 2.75) is 0 Å². The Hall–Kier alpha value is -5.34. The summed E-state index contributed by atoms with van der Waals surface area (Å²) in [4.78, 5) is 2.30. The van der Waals surface area contributed by atoms with Gasteiger partial charge < -0.3 is 10.2 Å². The minimum atomic E-state index is 1.13. The molecule has 2 nitrogen and oxygen atoms in total. The molecule has 1 aliphatic rings. The first-order valence-corrected chi connectivity index (χ1v) is 13.7. The summed E-state index contributed by atoms with van der Waals surface area (Å²) in [7, 11) is 0. The molecule has 1 heterocycles. The molecule has 0 bridgehead atoms. The molecule has 40 heavy (non-hydrogen) atoms. The van der Waals surface area contributed by atoms with E-state index in [0.717, 1.165) is 22.7 Å². The van der Waals surface area contributed by atoms with Gasteiger partial charge in [0.15, 0.2) is 0 Å². The van der Waals surface area contributed by atoms with Crippen LogP contribution in [0.2, 0.25) is 0 Å². The Labute approximate surface area is 233 Å². The van der Waals surface area contributed by atoms with E-state index < -0.39 is 0 Å². The van der Waals surface area contributed by atoms with E-state index in [1.54, 1.807) is 0 Å². The summed E-state index contributed by atoms with van der Waals surface area (Å²) in [6, 6.07) is 54.4. The van der Waals surface area contributed by atoms with Crippen LogP contribution in [0.4, 0.5) is 28.4 Å². The van der Waals surface area contributed by atoms with E-state index in [4.69, 9.17) is 0 Å². The Morgan fingerprint density at radius 2 is 1.05 bits per heavy atom. The van der Waals surface area contributed by atoms with Crippen LogP contribution in [-0.4, -0.2) is 0 Å². The fourth-order valence-corrected chi connectivity index (χ4v) is 6.10. The van der Waals surface area contributed by atoms with Crippen molar-refractivity contribution in [3.8, 4) is 22.3 Å². The van der Waals surface area contributed by atoms with E-state index in [9.17, 15) is 0 Å². The summed E-state index contributed by atoms with van der Waals surface area (Å²) in [5, 5.41) is 8.82. The van der Waals surface area contributed by atoms with Gasteiger partial charge in [0.2, 0.25) is 0 Å². The lowest BCUT2D eigenvalue weighted by Gasteiger charge is -2.26. The average Bonchev–Trinajstić information content (AvgIpc) is 3.02. The topological polar surface area (TPSA) is 15.3 Å². The second-order valence-corrected chi connectivity index (χ2v) is 10.3. The van der Waals surface area contributed by atoms with Crippen LogP contribution in [0, 0.1) is 0 Å². The van der Waals surface area contributed by atoms with Crippen molar-refractivity contribution < 1.29 is 0 Å². The smallest absolute Gasteiger partial charge is 0.0470 e. The fourth-order valence-electron chi connectivity index (χ4n) is 6.10. The van der Waals surface area contributed by atoms with Gasteiger partial charge in [-0.3, -0.25) is 0 Å². The quantitative estimate of drug-likeness (QED) is 0.237. The Morgan fingerprint density at radius 3 is 1.80 bits per heavy atom. The third-order valence-electron chi connectivity index (χ3n) is 7.93. The number of nitrogens with zero attached hydrogens (tertiary/aromatic N) is 1. The van der Waals surface area contributed by atoms with Gasteiger partial charge in [0, 0.05) is 45.0 Å². The first-order valence-electron chi connectivity index (χ1n) is 13.7. The molecule has 0 unspecified atom stereocenters. The van der Waals surface area contributed by atoms with Crippen LogP contribution >= 0.6 is 0 Å². The van der Waals surface area contributed by atoms with Crippen molar-refractivity contribution in [2.24, 2.45) is 0 Å². The Bertz CT molecular complexity index is 1970. The van der Waals surface area contributed by atoms with E-state index >= 15 is 0 Å². The van der Waals surface area contributed by atoms with Crippen LogP contribution in [0.15, 0.2) is 152 Å². The van der Waals surface area contributed by atoms with E-state index in [0.29, 0.717) is 0 Å². The molecule has 0 aromatic heterocycles. The van der Waals surface area contributed by atoms with Gasteiger partial charge in [0.25, 0.3) is 0 Å². The monoisotopic (exact) mass is 510 g/mol. The van der Waals surface area contributed by atoms with Crippen LogP contribution < -0.4 is 10.2 Å². The highest BCUT2D eigenvalue weighted by Gasteiger charge is 2.21. The van der Waals surface area contributed by atoms with Crippen molar-refractivity contribution >= 4 is 50.0 Å². The maximum atomic E-state index is 3.70. The molecule has 0 amide bonds. The molecule has 188 valence electrons. The number of para-hydroxylation sites is 2. The van der Waals surface area contributed by atoms with Crippen molar-refractivity contribution in [1.29, 1.82) is 0 Å². The molecule has 0 fully saturated rings. The summed E-state index contributed by atoms with van der Waals surface area (Å²) >= 11 is 0. The maximum absolute atomic E-state index is 3.70. The fraction of sp³-hybridized carbons (Fsp3) is 0. The summed E-state index contributed by atoms with van der Waals surface area (Å²) in [6.45, 7) is 0. The molecule has 0 aliphatic carbocycles. The van der Waals surface area contributed by atoms with Crippen molar-refractivity contribution in [3.63, 3.8) is 0 Å². The predicted octanol–water partition coefficient (Wildman–Crippen LogP) is 10.9. The molecule has 8 rings (SSSR count). The van der Waals surface area contributed by atoms with E-state index in [-0.39, 0.29) is 0 Å². The molecular formula is C38H26N2. The van der Waals surface area contributed by atoms with Gasteiger partial charge in [0.1, 0.15) is 0 Å². The van der Waals surface area contributed by atoms with E-state index in [1.807, 2.05) is 0 Å². The van der Waals surface area contributed by atoms with E-state index in [1.165, 1.54) is 49.5 Å². The lowest BCUT2D eigenvalue weighted by molar-refractivity contribution is 1.28. The Balaban J connectivity index is 1.25. The second-order valence-electron chi connectivity index (χ2n) is 10.3. The molecule has 0 atom stereocenters. The predicted molar refractivity (Wildman–Crippen MR) is 170 cm³/mol. The molecule has 7 aromatic rings. The number of benzene rings is 7. The summed E-state index contributed by atoms with van der Waals surface area (Å²) in [5.41, 5.74) is 10.7. The Morgan fingerprint density at radius 1 is 0.425 bits per heavy atom. The lowest BCUT2D eigenvalue weighted by Crippen LogP contribution is -2.09. The number of rotatable bonds is 4. The van der Waals surface area contributed by atoms with Gasteiger partial charge in [-0.25, -0.2) is 0 Å². The maximum Gasteiger partial charge on any atom is 0.0470 e. The average molecular weight is 511 g/mol. The van der Waals surface area contributed by atoms with Crippen LogP contribution in [0.25, 0.3) is 43.8 Å². The van der Waals surface area contributed by atoms with E-state index in [2.05, 4.69) is 162 Å². The summed E-state index contributed by atoms with van der Waals surface area (Å²) in [5.74, 6) is 0. The number of hydrogen-bond acceptors (Lipinski definition) is 2. The third kappa shape index (κ3) is 3.65. The SMILES string of the molecule is c1ccc(N(c2ccccc2)c2ccc(-c3ccc4c(c3)-c3c5ccccc5cc5cccc(c35)N4)cc2)cc1. The van der Waals surface area contributed by atoms with Gasteiger partial charge in [-0.05, 0) is 87.9 Å². The van der Waals surface area contributed by atoms with Gasteiger partial charge >= 0.3 is 0 Å². The first kappa shape index (κ1) is 22.6. The second kappa shape index (κ2) is 9.14. The molecule has 7 aromatic carbocycles. The van der Waals surface area contributed by atoms with Gasteiger partial charge in [-0.2, -0.15) is 0 Å². The third-order valence-corrected chi connectivity index (χ3v) is 7.93. The van der Waals surface area contributed by atoms with Gasteiger partial charge in [-0.1, -0.05) is 91.0 Å². The van der Waals surface area contributed by atoms with Crippen molar-refractivity contribution in [3.05, 3.63) is 152 Å². The number of anilines is 5. The number of hydrogen-bond donors (Lipinski definition) is 1. The van der Waals surface area contributed by atoms with Crippen molar-refractivity contribution in [1.82, 2.24) is 0 Å². The minimum absolute atomic E-state index is 1.13. The Kier molecular flexibility index (Phi) is 5.17. The van der Waals surface area contributed by atoms with Crippen LogP contribution in [0.1, 0.15) is 0 Å². The molecule has 1 N–H and O–H groups in total. The zero-order valence-electron chi connectivity index (χ0n) is 21.9. The molecule has 2 heteroatoms. The van der Waals surface area contributed by atoms with Crippen LogP contribution in [0.3, 0.4) is 0 Å². The first-order chi connectivity index (χ1) is 19.8. The number of nitrogens with one attached hydrogen (secondary N) is 1. The lowest BCUT2D eigenvalue weighted by atomic mass is 9.86. The molecule has 0 spiro atoms.